The van der Waals surface area contributed by atoms with Crippen LogP contribution in [0, 0.1) is 5.82 Å². The van der Waals surface area contributed by atoms with Gasteiger partial charge in [-0.05, 0) is 35.7 Å². The SMILES string of the molecule is Fc1ccc(-c2cn3nc(N4CCN(Cc5nc(-c6ccsc6)no5)CC4)sc3n2)cc1. The van der Waals surface area contributed by atoms with Gasteiger partial charge in [0.05, 0.1) is 18.4 Å². The number of thiophene rings is 1. The number of hydrogen-bond acceptors (Lipinski definition) is 9. The first-order chi connectivity index (χ1) is 15.7. The van der Waals surface area contributed by atoms with Gasteiger partial charge in [0.1, 0.15) is 5.82 Å². The van der Waals surface area contributed by atoms with Crippen molar-refractivity contribution in [1.82, 2.24) is 29.6 Å². The van der Waals surface area contributed by atoms with E-state index < -0.39 is 0 Å². The second-order valence-corrected chi connectivity index (χ2v) is 9.25. The Labute approximate surface area is 190 Å². The maximum absolute atomic E-state index is 13.2. The lowest BCUT2D eigenvalue weighted by molar-refractivity contribution is 0.215. The summed E-state index contributed by atoms with van der Waals surface area (Å²) >= 11 is 3.18. The molecule has 0 atom stereocenters. The Hall–Kier alpha value is -3.15. The van der Waals surface area contributed by atoms with Crippen molar-refractivity contribution in [3.8, 4) is 22.6 Å². The first-order valence-electron chi connectivity index (χ1n) is 10.2. The van der Waals surface area contributed by atoms with E-state index in [4.69, 9.17) is 9.62 Å². The molecule has 0 amide bonds. The third-order valence-electron chi connectivity index (χ3n) is 5.42. The van der Waals surface area contributed by atoms with E-state index in [2.05, 4.69) is 24.9 Å². The Morgan fingerprint density at radius 3 is 2.59 bits per heavy atom. The highest BCUT2D eigenvalue weighted by atomic mass is 32.1. The molecule has 1 aliphatic heterocycles. The van der Waals surface area contributed by atoms with Gasteiger partial charge in [-0.15, -0.1) is 5.10 Å². The van der Waals surface area contributed by atoms with Gasteiger partial charge in [-0.2, -0.15) is 16.3 Å². The summed E-state index contributed by atoms with van der Waals surface area (Å²) in [6, 6.07) is 8.34. The summed E-state index contributed by atoms with van der Waals surface area (Å²) in [7, 11) is 0. The molecule has 0 spiro atoms. The van der Waals surface area contributed by atoms with Gasteiger partial charge < -0.3 is 9.42 Å². The van der Waals surface area contributed by atoms with Gasteiger partial charge in [0.15, 0.2) is 0 Å². The summed E-state index contributed by atoms with van der Waals surface area (Å²) in [5, 5.41) is 13.8. The van der Waals surface area contributed by atoms with Crippen LogP contribution in [0.15, 0.2) is 51.8 Å². The second kappa shape index (κ2) is 8.08. The van der Waals surface area contributed by atoms with Crippen LogP contribution in [0.5, 0.6) is 0 Å². The quantitative estimate of drug-likeness (QED) is 0.386. The molecule has 1 aromatic carbocycles. The van der Waals surface area contributed by atoms with E-state index in [0.29, 0.717) is 18.3 Å². The van der Waals surface area contributed by atoms with Gasteiger partial charge in [0.2, 0.25) is 21.8 Å². The number of hydrogen-bond donors (Lipinski definition) is 0. The lowest BCUT2D eigenvalue weighted by atomic mass is 10.2. The summed E-state index contributed by atoms with van der Waals surface area (Å²) in [4.78, 5) is 14.6. The van der Waals surface area contributed by atoms with Crippen LogP contribution in [0.1, 0.15) is 5.89 Å². The molecule has 1 aliphatic rings. The molecule has 4 aromatic heterocycles. The van der Waals surface area contributed by atoms with E-state index in [1.165, 1.54) is 12.1 Å². The number of fused-ring (bicyclic) bond motifs is 1. The maximum atomic E-state index is 13.2. The molecule has 0 saturated carbocycles. The van der Waals surface area contributed by atoms with Crippen molar-refractivity contribution < 1.29 is 8.91 Å². The van der Waals surface area contributed by atoms with Crippen LogP contribution in [-0.4, -0.2) is 55.8 Å². The highest BCUT2D eigenvalue weighted by molar-refractivity contribution is 7.20. The predicted molar refractivity (Wildman–Crippen MR) is 121 cm³/mol. The first kappa shape index (κ1) is 19.5. The molecule has 32 heavy (non-hydrogen) atoms. The molecule has 5 aromatic rings. The smallest absolute Gasteiger partial charge is 0.241 e. The van der Waals surface area contributed by atoms with Crippen LogP contribution in [0.25, 0.3) is 27.6 Å². The number of anilines is 1. The van der Waals surface area contributed by atoms with Crippen LogP contribution in [-0.2, 0) is 6.54 Å². The number of piperazine rings is 1. The molecule has 6 rings (SSSR count). The zero-order valence-corrected chi connectivity index (χ0v) is 18.5. The average molecular weight is 468 g/mol. The fourth-order valence-electron chi connectivity index (χ4n) is 3.69. The van der Waals surface area contributed by atoms with Crippen molar-refractivity contribution >= 4 is 32.8 Å². The van der Waals surface area contributed by atoms with Gasteiger partial charge >= 0.3 is 0 Å². The largest absolute Gasteiger partial charge is 0.344 e. The minimum Gasteiger partial charge on any atom is -0.344 e. The lowest BCUT2D eigenvalue weighted by Crippen LogP contribution is -2.46. The van der Waals surface area contributed by atoms with E-state index >= 15 is 0 Å². The minimum atomic E-state index is -0.253. The number of aromatic nitrogens is 5. The fourth-order valence-corrected chi connectivity index (χ4v) is 5.26. The van der Waals surface area contributed by atoms with Gasteiger partial charge in [0, 0.05) is 42.7 Å². The van der Waals surface area contributed by atoms with Crippen LogP contribution in [0.2, 0.25) is 0 Å². The highest BCUT2D eigenvalue weighted by Gasteiger charge is 2.22. The van der Waals surface area contributed by atoms with Crippen LogP contribution in [0.3, 0.4) is 0 Å². The predicted octanol–water partition coefficient (Wildman–Crippen LogP) is 4.03. The minimum absolute atomic E-state index is 0.253. The molecule has 162 valence electrons. The Morgan fingerprint density at radius 1 is 1.00 bits per heavy atom. The summed E-state index contributed by atoms with van der Waals surface area (Å²) in [5.74, 6) is 1.03. The van der Waals surface area contributed by atoms with Crippen molar-refractivity contribution in [2.75, 3.05) is 31.1 Å². The molecule has 0 aliphatic carbocycles. The molecule has 1 saturated heterocycles. The molecule has 8 nitrogen and oxygen atoms in total. The van der Waals surface area contributed by atoms with Crippen LogP contribution in [0.4, 0.5) is 9.52 Å². The van der Waals surface area contributed by atoms with Crippen molar-refractivity contribution in [3.05, 3.63) is 59.0 Å². The zero-order valence-electron chi connectivity index (χ0n) is 16.9. The molecular weight excluding hydrogens is 449 g/mol. The van der Waals surface area contributed by atoms with E-state index in [0.717, 1.165) is 53.1 Å². The number of rotatable bonds is 5. The maximum Gasteiger partial charge on any atom is 0.241 e. The van der Waals surface area contributed by atoms with E-state index in [1.54, 1.807) is 39.3 Å². The van der Waals surface area contributed by atoms with Gasteiger partial charge in [-0.25, -0.2) is 13.9 Å². The zero-order chi connectivity index (χ0) is 21.5. The molecule has 0 N–H and O–H groups in total. The van der Waals surface area contributed by atoms with Gasteiger partial charge in [-0.3, -0.25) is 4.90 Å². The number of benzene rings is 1. The van der Waals surface area contributed by atoms with E-state index in [1.807, 2.05) is 23.0 Å². The normalized spacial score (nSPS) is 15.1. The summed E-state index contributed by atoms with van der Waals surface area (Å²) < 4.78 is 20.4. The summed E-state index contributed by atoms with van der Waals surface area (Å²) in [5.41, 5.74) is 2.66. The number of imidazole rings is 1. The summed E-state index contributed by atoms with van der Waals surface area (Å²) in [6.45, 7) is 4.16. The Kier molecular flexibility index (Phi) is 4.93. The summed E-state index contributed by atoms with van der Waals surface area (Å²) in [6.07, 6.45) is 1.89. The number of halogens is 1. The Bertz CT molecular complexity index is 1300. The monoisotopic (exact) mass is 467 g/mol. The fraction of sp³-hybridized carbons (Fsp3) is 0.238. The van der Waals surface area contributed by atoms with Crippen molar-refractivity contribution in [2.45, 2.75) is 6.54 Å². The topological polar surface area (TPSA) is 75.6 Å². The van der Waals surface area contributed by atoms with Crippen LogP contribution >= 0.6 is 22.7 Å². The van der Waals surface area contributed by atoms with Crippen molar-refractivity contribution in [1.29, 1.82) is 0 Å². The average Bonchev–Trinajstić information content (AvgIpc) is 3.58. The molecular formula is C21H18FN7OS2. The van der Waals surface area contributed by atoms with E-state index in [-0.39, 0.29) is 5.82 Å². The van der Waals surface area contributed by atoms with Crippen LogP contribution < -0.4 is 4.90 Å². The molecule has 5 heterocycles. The lowest BCUT2D eigenvalue weighted by Gasteiger charge is -2.33. The van der Waals surface area contributed by atoms with Crippen molar-refractivity contribution in [2.24, 2.45) is 0 Å². The molecule has 0 bridgehead atoms. The molecule has 11 heteroatoms. The van der Waals surface area contributed by atoms with Gasteiger partial charge in [-0.1, -0.05) is 16.5 Å². The second-order valence-electron chi connectivity index (χ2n) is 7.53. The highest BCUT2D eigenvalue weighted by Crippen LogP contribution is 2.28. The van der Waals surface area contributed by atoms with Gasteiger partial charge in [0.25, 0.3) is 0 Å². The molecule has 1 fully saturated rings. The third kappa shape index (κ3) is 3.78. The third-order valence-corrected chi connectivity index (χ3v) is 7.09. The standard InChI is InChI=1S/C21H18FN7OS2/c22-16-3-1-14(2-4-16)17-11-29-20(23-17)32-21(25-29)28-8-6-27(7-9-28)12-18-24-19(26-30-18)15-5-10-31-13-15/h1-5,10-11,13H,6-9,12H2. The van der Waals surface area contributed by atoms with E-state index in [9.17, 15) is 4.39 Å². The Morgan fingerprint density at radius 2 is 1.84 bits per heavy atom. The molecule has 0 radical (unpaired) electrons. The van der Waals surface area contributed by atoms with Crippen molar-refractivity contribution in [3.63, 3.8) is 0 Å². The first-order valence-corrected chi connectivity index (χ1v) is 11.9. The number of nitrogens with zero attached hydrogens (tertiary/aromatic N) is 7. The molecule has 0 unspecified atom stereocenters. The Balaban J connectivity index is 1.09.